The number of aromatic nitrogens is 1. The van der Waals surface area contributed by atoms with Crippen LogP contribution in [0.4, 0.5) is 0 Å². The van der Waals surface area contributed by atoms with Gasteiger partial charge in [0.25, 0.3) is 0 Å². The normalized spacial score (nSPS) is 10.3. The Morgan fingerprint density at radius 2 is 2.21 bits per heavy atom. The van der Waals surface area contributed by atoms with Crippen LogP contribution in [0.3, 0.4) is 0 Å². The first-order valence-electron chi connectivity index (χ1n) is 4.13. The minimum atomic E-state index is 0.0582. The SMILES string of the molecule is CC(C)Oc1ccc(Cl)c(C(N)=S)n1. The van der Waals surface area contributed by atoms with Gasteiger partial charge in [-0.05, 0) is 19.9 Å². The van der Waals surface area contributed by atoms with Gasteiger partial charge in [-0.3, -0.25) is 0 Å². The van der Waals surface area contributed by atoms with Crippen molar-refractivity contribution in [3.63, 3.8) is 0 Å². The molecule has 1 aromatic heterocycles. The summed E-state index contributed by atoms with van der Waals surface area (Å²) in [4.78, 5) is 4.26. The van der Waals surface area contributed by atoms with E-state index in [4.69, 9.17) is 34.3 Å². The summed E-state index contributed by atoms with van der Waals surface area (Å²) >= 11 is 10.6. The summed E-state index contributed by atoms with van der Waals surface area (Å²) in [6.07, 6.45) is 0.0582. The van der Waals surface area contributed by atoms with E-state index in [0.29, 0.717) is 16.6 Å². The average Bonchev–Trinajstić information content (AvgIpc) is 2.07. The van der Waals surface area contributed by atoms with Gasteiger partial charge in [0.05, 0.1) is 11.1 Å². The zero-order valence-electron chi connectivity index (χ0n) is 7.95. The van der Waals surface area contributed by atoms with Crippen molar-refractivity contribution in [1.29, 1.82) is 0 Å². The lowest BCUT2D eigenvalue weighted by atomic mass is 10.3. The molecule has 1 aromatic rings. The topological polar surface area (TPSA) is 48.1 Å². The Bertz CT molecular complexity index is 355. The van der Waals surface area contributed by atoms with Crippen molar-refractivity contribution in [2.45, 2.75) is 20.0 Å². The quantitative estimate of drug-likeness (QED) is 0.809. The smallest absolute Gasteiger partial charge is 0.214 e. The third-order valence-corrected chi connectivity index (χ3v) is 1.91. The summed E-state index contributed by atoms with van der Waals surface area (Å²) in [7, 11) is 0. The Morgan fingerprint density at radius 3 is 2.71 bits per heavy atom. The van der Waals surface area contributed by atoms with Crippen molar-refractivity contribution in [1.82, 2.24) is 4.98 Å². The van der Waals surface area contributed by atoms with Gasteiger partial charge in [0.2, 0.25) is 5.88 Å². The Kier molecular flexibility index (Phi) is 3.66. The maximum atomic E-state index is 5.84. The molecule has 0 aliphatic carbocycles. The van der Waals surface area contributed by atoms with Crippen molar-refractivity contribution in [3.05, 3.63) is 22.8 Å². The van der Waals surface area contributed by atoms with E-state index in [-0.39, 0.29) is 11.1 Å². The first-order chi connectivity index (χ1) is 6.50. The van der Waals surface area contributed by atoms with Crippen LogP contribution >= 0.6 is 23.8 Å². The minimum absolute atomic E-state index is 0.0582. The first kappa shape index (κ1) is 11.2. The fourth-order valence-electron chi connectivity index (χ4n) is 0.904. The Hall–Kier alpha value is -0.870. The van der Waals surface area contributed by atoms with Crippen molar-refractivity contribution in [3.8, 4) is 5.88 Å². The highest BCUT2D eigenvalue weighted by Crippen LogP contribution is 2.18. The Labute approximate surface area is 93.2 Å². The van der Waals surface area contributed by atoms with Gasteiger partial charge in [-0.25, -0.2) is 4.98 Å². The van der Waals surface area contributed by atoms with E-state index < -0.39 is 0 Å². The molecule has 3 nitrogen and oxygen atoms in total. The molecule has 1 rings (SSSR count). The van der Waals surface area contributed by atoms with Crippen molar-refractivity contribution < 1.29 is 4.74 Å². The Morgan fingerprint density at radius 1 is 1.57 bits per heavy atom. The molecule has 0 aliphatic heterocycles. The maximum Gasteiger partial charge on any atom is 0.214 e. The molecule has 14 heavy (non-hydrogen) atoms. The first-order valence-corrected chi connectivity index (χ1v) is 4.92. The average molecular weight is 231 g/mol. The van der Waals surface area contributed by atoms with Gasteiger partial charge in [0, 0.05) is 6.07 Å². The second-order valence-electron chi connectivity index (χ2n) is 3.01. The molecule has 1 heterocycles. The molecule has 0 bridgehead atoms. The van der Waals surface area contributed by atoms with Crippen LogP contribution in [0.1, 0.15) is 19.5 Å². The Balaban J connectivity index is 3.00. The number of rotatable bonds is 3. The fraction of sp³-hybridized carbons (Fsp3) is 0.333. The number of hydrogen-bond acceptors (Lipinski definition) is 3. The lowest BCUT2D eigenvalue weighted by molar-refractivity contribution is 0.232. The summed E-state index contributed by atoms with van der Waals surface area (Å²) in [5, 5.41) is 0.439. The van der Waals surface area contributed by atoms with E-state index in [9.17, 15) is 0 Å². The van der Waals surface area contributed by atoms with Crippen LogP contribution in [-0.4, -0.2) is 16.1 Å². The molecular formula is C9H11ClN2OS. The molecule has 0 unspecified atom stereocenters. The largest absolute Gasteiger partial charge is 0.475 e. The molecule has 0 aromatic carbocycles. The molecule has 0 saturated heterocycles. The van der Waals surface area contributed by atoms with Crippen molar-refractivity contribution >= 4 is 28.8 Å². The molecule has 0 radical (unpaired) electrons. The number of halogens is 1. The molecule has 0 atom stereocenters. The van der Waals surface area contributed by atoms with Crippen LogP contribution in [0.5, 0.6) is 5.88 Å². The zero-order chi connectivity index (χ0) is 10.7. The zero-order valence-corrected chi connectivity index (χ0v) is 9.52. The van der Waals surface area contributed by atoms with Crippen LogP contribution in [0, 0.1) is 0 Å². The second-order valence-corrected chi connectivity index (χ2v) is 3.86. The van der Waals surface area contributed by atoms with E-state index >= 15 is 0 Å². The van der Waals surface area contributed by atoms with E-state index in [1.54, 1.807) is 12.1 Å². The molecule has 5 heteroatoms. The third-order valence-electron chi connectivity index (χ3n) is 1.41. The van der Waals surface area contributed by atoms with Gasteiger partial charge in [0.1, 0.15) is 10.7 Å². The second kappa shape index (κ2) is 4.57. The molecule has 76 valence electrons. The van der Waals surface area contributed by atoms with E-state index in [0.717, 1.165) is 0 Å². The third kappa shape index (κ3) is 2.82. The summed E-state index contributed by atoms with van der Waals surface area (Å²) < 4.78 is 5.38. The monoisotopic (exact) mass is 230 g/mol. The number of hydrogen-bond donors (Lipinski definition) is 1. The van der Waals surface area contributed by atoms with Crippen LogP contribution < -0.4 is 10.5 Å². The van der Waals surface area contributed by atoms with Crippen LogP contribution in [-0.2, 0) is 0 Å². The molecule has 2 N–H and O–H groups in total. The van der Waals surface area contributed by atoms with Crippen LogP contribution in [0.25, 0.3) is 0 Å². The van der Waals surface area contributed by atoms with Gasteiger partial charge in [-0.15, -0.1) is 0 Å². The van der Waals surface area contributed by atoms with E-state index in [1.165, 1.54) is 0 Å². The van der Waals surface area contributed by atoms with E-state index in [1.807, 2.05) is 13.8 Å². The lowest BCUT2D eigenvalue weighted by Crippen LogP contribution is -2.14. The lowest BCUT2D eigenvalue weighted by Gasteiger charge is -2.10. The van der Waals surface area contributed by atoms with Crippen molar-refractivity contribution in [2.24, 2.45) is 5.73 Å². The van der Waals surface area contributed by atoms with Crippen LogP contribution in [0.2, 0.25) is 5.02 Å². The number of nitrogens with zero attached hydrogens (tertiary/aromatic N) is 1. The number of thiocarbonyl (C=S) groups is 1. The summed E-state index contributed by atoms with van der Waals surface area (Å²) in [5.74, 6) is 0.479. The van der Waals surface area contributed by atoms with Gasteiger partial charge in [-0.2, -0.15) is 0 Å². The predicted molar refractivity (Wildman–Crippen MR) is 60.9 cm³/mol. The number of nitrogens with two attached hydrogens (primary N) is 1. The maximum absolute atomic E-state index is 5.84. The molecule has 0 spiro atoms. The number of pyridine rings is 1. The molecule has 0 fully saturated rings. The fourth-order valence-corrected chi connectivity index (χ4v) is 1.32. The highest BCUT2D eigenvalue weighted by molar-refractivity contribution is 7.80. The summed E-state index contributed by atoms with van der Waals surface area (Å²) in [6, 6.07) is 3.35. The van der Waals surface area contributed by atoms with Gasteiger partial charge in [-0.1, -0.05) is 23.8 Å². The molecule has 0 saturated carbocycles. The minimum Gasteiger partial charge on any atom is -0.475 e. The predicted octanol–water partition coefficient (Wildman–Crippen LogP) is 2.16. The van der Waals surface area contributed by atoms with Crippen molar-refractivity contribution in [2.75, 3.05) is 0 Å². The highest BCUT2D eigenvalue weighted by Gasteiger charge is 2.07. The van der Waals surface area contributed by atoms with Crippen LogP contribution in [0.15, 0.2) is 12.1 Å². The van der Waals surface area contributed by atoms with Gasteiger partial charge < -0.3 is 10.5 Å². The van der Waals surface area contributed by atoms with Gasteiger partial charge >= 0.3 is 0 Å². The van der Waals surface area contributed by atoms with Gasteiger partial charge in [0.15, 0.2) is 0 Å². The summed E-state index contributed by atoms with van der Waals surface area (Å²) in [6.45, 7) is 3.83. The standard InChI is InChI=1S/C9H11ClN2OS/c1-5(2)13-7-4-3-6(10)8(12-7)9(11)14/h3-5H,1-2H3,(H2,11,14). The highest BCUT2D eigenvalue weighted by atomic mass is 35.5. The molecular weight excluding hydrogens is 220 g/mol. The summed E-state index contributed by atoms with van der Waals surface area (Å²) in [5.41, 5.74) is 5.85. The van der Waals surface area contributed by atoms with E-state index in [2.05, 4.69) is 4.98 Å². The molecule has 0 amide bonds. The molecule has 0 aliphatic rings. The number of ether oxygens (including phenoxy) is 1.